The van der Waals surface area contributed by atoms with E-state index in [1.165, 1.54) is 23.6 Å². The third-order valence-electron chi connectivity index (χ3n) is 3.18. The van der Waals surface area contributed by atoms with Gasteiger partial charge in [0.25, 0.3) is 5.69 Å². The van der Waals surface area contributed by atoms with E-state index in [-0.39, 0.29) is 12.3 Å². The number of hydrogen-bond donors (Lipinski definition) is 2. The molecule has 0 amide bonds. The predicted molar refractivity (Wildman–Crippen MR) is 83.8 cm³/mol. The van der Waals surface area contributed by atoms with Crippen molar-refractivity contribution in [2.45, 2.75) is 13.2 Å². The van der Waals surface area contributed by atoms with Gasteiger partial charge in [-0.3, -0.25) is 15.1 Å². The fourth-order valence-electron chi connectivity index (χ4n) is 2.16. The summed E-state index contributed by atoms with van der Waals surface area (Å²) in [5.74, 6) is 0. The van der Waals surface area contributed by atoms with Gasteiger partial charge in [0.2, 0.25) is 0 Å². The highest BCUT2D eigenvalue weighted by Crippen LogP contribution is 2.31. The van der Waals surface area contributed by atoms with Gasteiger partial charge in [0.05, 0.1) is 29.2 Å². The molecule has 0 unspecified atom stereocenters. The van der Waals surface area contributed by atoms with Crippen LogP contribution in [0.1, 0.15) is 10.7 Å². The molecule has 0 spiro atoms. The molecule has 0 atom stereocenters. The van der Waals surface area contributed by atoms with Gasteiger partial charge in [-0.2, -0.15) is 0 Å². The molecule has 7 nitrogen and oxygen atoms in total. The molecular weight excluding hydrogens is 304 g/mol. The second-order valence-electron chi connectivity index (χ2n) is 4.55. The molecule has 2 N–H and O–H groups in total. The Kier molecular flexibility index (Phi) is 3.94. The number of benzene rings is 1. The van der Waals surface area contributed by atoms with E-state index in [1.807, 2.05) is 0 Å². The summed E-state index contributed by atoms with van der Waals surface area (Å²) >= 11 is 1.45. The minimum atomic E-state index is -0.415. The van der Waals surface area contributed by atoms with E-state index in [9.17, 15) is 10.1 Å². The molecule has 112 valence electrons. The third-order valence-corrected chi connectivity index (χ3v) is 4.08. The smallest absolute Gasteiger partial charge is 0.278 e. The highest BCUT2D eigenvalue weighted by molar-refractivity contribution is 7.09. The Labute approximate surface area is 129 Å². The molecule has 3 aromatic rings. The van der Waals surface area contributed by atoms with Crippen molar-refractivity contribution in [1.29, 1.82) is 0 Å². The Morgan fingerprint density at radius 2 is 2.18 bits per heavy atom. The SMILES string of the molecule is O=[N+]([O-])c1ccc(NCc2nc(CO)cs2)c2ccncc12. The van der Waals surface area contributed by atoms with Gasteiger partial charge in [-0.05, 0) is 12.1 Å². The predicted octanol–water partition coefficient (Wildman–Crippen LogP) is 2.70. The summed E-state index contributed by atoms with van der Waals surface area (Å²) in [6.45, 7) is 0.405. The zero-order chi connectivity index (χ0) is 15.5. The largest absolute Gasteiger partial charge is 0.390 e. The standard InChI is InChI=1S/C14H12N4O3S/c19-7-9-8-22-14(17-9)6-16-12-1-2-13(18(20)21)11-5-15-4-3-10(11)12/h1-5,8,16,19H,6-7H2. The van der Waals surface area contributed by atoms with Crippen molar-refractivity contribution in [3.63, 3.8) is 0 Å². The first-order chi connectivity index (χ1) is 10.7. The molecule has 0 saturated carbocycles. The average molecular weight is 316 g/mol. The molecule has 2 aromatic heterocycles. The molecule has 0 aliphatic rings. The van der Waals surface area contributed by atoms with Crippen LogP contribution in [-0.2, 0) is 13.2 Å². The van der Waals surface area contributed by atoms with Crippen molar-refractivity contribution >= 4 is 33.5 Å². The normalized spacial score (nSPS) is 10.8. The Bertz CT molecular complexity index is 834. The van der Waals surface area contributed by atoms with Crippen LogP contribution in [0.2, 0.25) is 0 Å². The number of aliphatic hydroxyl groups excluding tert-OH is 1. The molecule has 0 aliphatic carbocycles. The topological polar surface area (TPSA) is 101 Å². The van der Waals surface area contributed by atoms with Crippen molar-refractivity contribution in [2.75, 3.05) is 5.32 Å². The molecule has 0 aliphatic heterocycles. The summed E-state index contributed by atoms with van der Waals surface area (Å²) in [6, 6.07) is 4.89. The Balaban J connectivity index is 1.91. The highest BCUT2D eigenvalue weighted by Gasteiger charge is 2.14. The molecule has 3 rings (SSSR count). The van der Waals surface area contributed by atoms with Crippen LogP contribution in [0.3, 0.4) is 0 Å². The van der Waals surface area contributed by atoms with E-state index in [4.69, 9.17) is 5.11 Å². The number of rotatable bonds is 5. The second kappa shape index (κ2) is 6.04. The lowest BCUT2D eigenvalue weighted by Crippen LogP contribution is -2.01. The lowest BCUT2D eigenvalue weighted by molar-refractivity contribution is -0.383. The van der Waals surface area contributed by atoms with Crippen LogP contribution < -0.4 is 5.32 Å². The first kappa shape index (κ1) is 14.4. The minimum absolute atomic E-state index is 0.0328. The Morgan fingerprint density at radius 1 is 1.32 bits per heavy atom. The van der Waals surface area contributed by atoms with Crippen LogP contribution in [0.15, 0.2) is 36.0 Å². The van der Waals surface area contributed by atoms with Crippen LogP contribution in [0.5, 0.6) is 0 Å². The zero-order valence-electron chi connectivity index (χ0n) is 11.4. The lowest BCUT2D eigenvalue weighted by Gasteiger charge is -2.08. The molecule has 1 aromatic carbocycles. The number of pyridine rings is 1. The molecule has 0 bridgehead atoms. The summed E-state index contributed by atoms with van der Waals surface area (Å²) in [5, 5.41) is 27.2. The van der Waals surface area contributed by atoms with Gasteiger partial charge in [-0.25, -0.2) is 4.98 Å². The maximum atomic E-state index is 11.1. The third kappa shape index (κ3) is 2.74. The summed E-state index contributed by atoms with van der Waals surface area (Å²) in [5.41, 5.74) is 1.45. The number of non-ortho nitro benzene ring substituents is 1. The summed E-state index contributed by atoms with van der Waals surface area (Å²) < 4.78 is 0. The van der Waals surface area contributed by atoms with E-state index < -0.39 is 4.92 Å². The van der Waals surface area contributed by atoms with Gasteiger partial charge < -0.3 is 10.4 Å². The van der Waals surface area contributed by atoms with Crippen LogP contribution >= 0.6 is 11.3 Å². The monoisotopic (exact) mass is 316 g/mol. The number of nitro groups is 1. The quantitative estimate of drug-likeness (QED) is 0.554. The van der Waals surface area contributed by atoms with E-state index >= 15 is 0 Å². The second-order valence-corrected chi connectivity index (χ2v) is 5.50. The van der Waals surface area contributed by atoms with Gasteiger partial charge >= 0.3 is 0 Å². The van der Waals surface area contributed by atoms with Gasteiger partial charge in [-0.1, -0.05) is 0 Å². The van der Waals surface area contributed by atoms with Crippen molar-refractivity contribution in [2.24, 2.45) is 0 Å². The number of aromatic nitrogens is 2. The molecular formula is C14H12N4O3S. The summed E-state index contributed by atoms with van der Waals surface area (Å²) in [4.78, 5) is 18.9. The number of nitrogens with zero attached hydrogens (tertiary/aromatic N) is 3. The molecule has 0 fully saturated rings. The number of nitro benzene ring substituents is 1. The molecule has 22 heavy (non-hydrogen) atoms. The van der Waals surface area contributed by atoms with Crippen molar-refractivity contribution in [3.8, 4) is 0 Å². The Morgan fingerprint density at radius 3 is 2.91 bits per heavy atom. The zero-order valence-corrected chi connectivity index (χ0v) is 12.2. The van der Waals surface area contributed by atoms with Crippen molar-refractivity contribution < 1.29 is 10.0 Å². The van der Waals surface area contributed by atoms with E-state index in [0.29, 0.717) is 17.6 Å². The van der Waals surface area contributed by atoms with Gasteiger partial charge in [-0.15, -0.1) is 11.3 Å². The lowest BCUT2D eigenvalue weighted by atomic mass is 10.1. The van der Waals surface area contributed by atoms with Crippen molar-refractivity contribution in [1.82, 2.24) is 9.97 Å². The van der Waals surface area contributed by atoms with Gasteiger partial charge in [0.1, 0.15) is 5.01 Å². The maximum Gasteiger partial charge on any atom is 0.278 e. The maximum absolute atomic E-state index is 11.1. The molecule has 8 heteroatoms. The molecule has 2 heterocycles. The van der Waals surface area contributed by atoms with Crippen molar-refractivity contribution in [3.05, 3.63) is 56.8 Å². The molecule has 0 radical (unpaired) electrons. The fourth-order valence-corrected chi connectivity index (χ4v) is 2.89. The number of aliphatic hydroxyl groups is 1. The number of hydrogen-bond acceptors (Lipinski definition) is 7. The van der Waals surface area contributed by atoms with E-state index in [1.54, 1.807) is 23.7 Å². The first-order valence-corrected chi connectivity index (χ1v) is 7.36. The average Bonchev–Trinajstić information content (AvgIpc) is 3.00. The number of nitrogens with one attached hydrogen (secondary N) is 1. The summed E-state index contributed by atoms with van der Waals surface area (Å²) in [7, 11) is 0. The summed E-state index contributed by atoms with van der Waals surface area (Å²) in [6.07, 6.45) is 3.09. The number of anilines is 1. The van der Waals surface area contributed by atoms with Crippen LogP contribution in [0, 0.1) is 10.1 Å². The van der Waals surface area contributed by atoms with E-state index in [2.05, 4.69) is 15.3 Å². The van der Waals surface area contributed by atoms with E-state index in [0.717, 1.165) is 16.1 Å². The number of fused-ring (bicyclic) bond motifs is 1. The molecule has 0 saturated heterocycles. The van der Waals surface area contributed by atoms with Crippen LogP contribution in [0.4, 0.5) is 11.4 Å². The first-order valence-electron chi connectivity index (χ1n) is 6.48. The van der Waals surface area contributed by atoms with Crippen LogP contribution in [-0.4, -0.2) is 20.0 Å². The van der Waals surface area contributed by atoms with Crippen LogP contribution in [0.25, 0.3) is 10.8 Å². The minimum Gasteiger partial charge on any atom is -0.390 e. The highest BCUT2D eigenvalue weighted by atomic mass is 32.1. The Hall–Kier alpha value is -2.58. The number of thiazole rings is 1. The fraction of sp³-hybridized carbons (Fsp3) is 0.143. The van der Waals surface area contributed by atoms with Gasteiger partial charge in [0, 0.05) is 34.9 Å². The van der Waals surface area contributed by atoms with Gasteiger partial charge in [0.15, 0.2) is 0 Å².